The van der Waals surface area contributed by atoms with Crippen LogP contribution in [0.25, 0.3) is 0 Å². The second kappa shape index (κ2) is 12.4. The van der Waals surface area contributed by atoms with Gasteiger partial charge < -0.3 is 33.2 Å². The number of fused-ring (bicyclic) bond motifs is 1. The molecule has 3 fully saturated rings. The van der Waals surface area contributed by atoms with Crippen LogP contribution in [0.5, 0.6) is 0 Å². The van der Waals surface area contributed by atoms with Crippen molar-refractivity contribution >= 4 is 35.8 Å². The van der Waals surface area contributed by atoms with Crippen LogP contribution in [0.15, 0.2) is 30.3 Å². The van der Waals surface area contributed by atoms with Crippen LogP contribution in [-0.2, 0) is 57.1 Å². The summed E-state index contributed by atoms with van der Waals surface area (Å²) in [5, 5.41) is 0. The molecule has 9 atom stereocenters. The summed E-state index contributed by atoms with van der Waals surface area (Å²) >= 11 is 0. The van der Waals surface area contributed by atoms with E-state index >= 15 is 0 Å². The maximum atomic E-state index is 13.8. The topological polar surface area (TPSA) is 167 Å². The Morgan fingerprint density at radius 1 is 0.733 bits per heavy atom. The van der Waals surface area contributed by atoms with Crippen molar-refractivity contribution in [3.8, 4) is 0 Å². The minimum atomic E-state index is -1.96. The number of benzene rings is 1. The zero-order chi connectivity index (χ0) is 33.5. The van der Waals surface area contributed by atoms with Gasteiger partial charge in [0, 0.05) is 34.6 Å². The molecule has 0 radical (unpaired) electrons. The third-order valence-corrected chi connectivity index (χ3v) is 9.00. The summed E-state index contributed by atoms with van der Waals surface area (Å²) in [5.74, 6) is -6.12. The van der Waals surface area contributed by atoms with Crippen LogP contribution in [0.4, 0.5) is 0 Å². The van der Waals surface area contributed by atoms with Crippen molar-refractivity contribution in [2.24, 2.45) is 17.3 Å². The monoisotopic (exact) mass is 632 g/mol. The van der Waals surface area contributed by atoms with E-state index in [4.69, 9.17) is 33.2 Å². The van der Waals surface area contributed by atoms with Crippen LogP contribution >= 0.6 is 0 Å². The molecule has 1 aliphatic heterocycles. The van der Waals surface area contributed by atoms with Gasteiger partial charge in [0.05, 0.1) is 17.1 Å². The highest BCUT2D eigenvalue weighted by atomic mass is 16.6. The SMILES string of the molecule is CC(=O)OC[C@]12[C@H](OC(=O)c3ccccc3)[C@@H](OC(C)=O)[C@H]3[C@@H](OC(C)=O)[C@@]1(OC3(C)C)[C@H](C)C[C@H](OC(C)=O)[C@@H]2OC(C)=O. The van der Waals surface area contributed by atoms with Gasteiger partial charge >= 0.3 is 35.8 Å². The Balaban J connectivity index is 2.13. The summed E-state index contributed by atoms with van der Waals surface area (Å²) < 4.78 is 42.5. The second-order valence-corrected chi connectivity index (χ2v) is 12.5. The Kier molecular flexibility index (Phi) is 9.35. The van der Waals surface area contributed by atoms with E-state index in [1.165, 1.54) is 26.0 Å². The molecule has 3 aliphatic rings. The molecule has 4 rings (SSSR count). The average Bonchev–Trinajstić information content (AvgIpc) is 3.11. The maximum absolute atomic E-state index is 13.8. The lowest BCUT2D eigenvalue weighted by Gasteiger charge is -2.64. The first-order valence-corrected chi connectivity index (χ1v) is 14.8. The third kappa shape index (κ3) is 5.89. The zero-order valence-corrected chi connectivity index (χ0v) is 26.6. The highest BCUT2D eigenvalue weighted by Crippen LogP contribution is 2.68. The first-order chi connectivity index (χ1) is 21.0. The van der Waals surface area contributed by atoms with E-state index in [9.17, 15) is 28.8 Å². The number of ether oxygens (including phenoxy) is 7. The van der Waals surface area contributed by atoms with E-state index < -0.39 is 101 Å². The molecular formula is C32H40O13. The minimum Gasteiger partial charge on any atom is -0.465 e. The minimum absolute atomic E-state index is 0.0531. The molecule has 1 spiro atoms. The molecule has 1 aromatic carbocycles. The fourth-order valence-electron chi connectivity index (χ4n) is 7.80. The molecule has 0 amide bonds. The second-order valence-electron chi connectivity index (χ2n) is 12.5. The Labute approximate surface area is 261 Å². The normalized spacial score (nSPS) is 34.4. The van der Waals surface area contributed by atoms with E-state index in [-0.39, 0.29) is 12.0 Å². The molecule has 0 unspecified atom stereocenters. The molecule has 13 nitrogen and oxygen atoms in total. The van der Waals surface area contributed by atoms with Crippen molar-refractivity contribution < 1.29 is 61.9 Å². The van der Waals surface area contributed by atoms with Crippen LogP contribution in [0, 0.1) is 17.3 Å². The van der Waals surface area contributed by atoms with E-state index in [0.29, 0.717) is 0 Å². The van der Waals surface area contributed by atoms with Gasteiger partial charge in [0.25, 0.3) is 0 Å². The first-order valence-electron chi connectivity index (χ1n) is 14.8. The molecule has 2 aliphatic carbocycles. The standard InChI is InChI=1S/C32H40O13/c1-16-14-23(40-18(3)34)26(42-20(5)36)31(15-39-17(2)33)28(44-29(38)22-12-10-9-11-13-22)25(41-19(4)35)24-27(43-21(6)37)32(16,31)45-30(24,7)8/h9-13,16,23-28H,14-15H2,1-8H3/t16-,23+,24+,25+,26+,27-,28-,31+,32+/m1/s1. The predicted octanol–water partition coefficient (Wildman–Crippen LogP) is 2.71. The van der Waals surface area contributed by atoms with Crippen molar-refractivity contribution in [1.29, 1.82) is 0 Å². The van der Waals surface area contributed by atoms with Gasteiger partial charge in [-0.2, -0.15) is 0 Å². The van der Waals surface area contributed by atoms with Gasteiger partial charge in [0.2, 0.25) is 0 Å². The van der Waals surface area contributed by atoms with Gasteiger partial charge in [-0.15, -0.1) is 0 Å². The Morgan fingerprint density at radius 2 is 1.29 bits per heavy atom. The number of hydrogen-bond donors (Lipinski definition) is 0. The lowest BCUT2D eigenvalue weighted by atomic mass is 9.47. The summed E-state index contributed by atoms with van der Waals surface area (Å²) in [6.07, 6.45) is -6.74. The van der Waals surface area contributed by atoms with Crippen LogP contribution in [0.2, 0.25) is 0 Å². The number of hydrogen-bond acceptors (Lipinski definition) is 13. The van der Waals surface area contributed by atoms with Gasteiger partial charge in [-0.1, -0.05) is 25.1 Å². The lowest BCUT2D eigenvalue weighted by molar-refractivity contribution is -0.329. The highest BCUT2D eigenvalue weighted by molar-refractivity contribution is 5.89. The van der Waals surface area contributed by atoms with E-state index in [2.05, 4.69) is 0 Å². The molecule has 1 heterocycles. The number of rotatable bonds is 8. The number of carbonyl (C=O) groups excluding carboxylic acids is 6. The van der Waals surface area contributed by atoms with Crippen molar-refractivity contribution in [3.05, 3.63) is 35.9 Å². The third-order valence-electron chi connectivity index (χ3n) is 9.00. The zero-order valence-electron chi connectivity index (χ0n) is 26.6. The molecule has 2 saturated carbocycles. The van der Waals surface area contributed by atoms with E-state index in [1.54, 1.807) is 39.0 Å². The molecule has 45 heavy (non-hydrogen) atoms. The molecule has 13 heteroatoms. The van der Waals surface area contributed by atoms with Crippen LogP contribution in [-0.4, -0.2) is 84.1 Å². The molecule has 0 aromatic heterocycles. The first kappa shape index (κ1) is 33.9. The van der Waals surface area contributed by atoms with Gasteiger partial charge in [0.15, 0.2) is 12.2 Å². The van der Waals surface area contributed by atoms with Crippen molar-refractivity contribution in [2.45, 2.75) is 104 Å². The molecule has 0 N–H and O–H groups in total. The molecule has 1 aromatic rings. The molecule has 2 bridgehead atoms. The fourth-order valence-corrected chi connectivity index (χ4v) is 7.80. The van der Waals surface area contributed by atoms with Crippen molar-refractivity contribution in [2.75, 3.05) is 6.61 Å². The summed E-state index contributed by atoms with van der Waals surface area (Å²) in [6.45, 7) is 10.4. The fraction of sp³-hybridized carbons (Fsp3) is 0.625. The van der Waals surface area contributed by atoms with Crippen molar-refractivity contribution in [3.63, 3.8) is 0 Å². The van der Waals surface area contributed by atoms with Gasteiger partial charge in [-0.25, -0.2) is 4.79 Å². The summed E-state index contributed by atoms with van der Waals surface area (Å²) in [4.78, 5) is 77.0. The predicted molar refractivity (Wildman–Crippen MR) is 152 cm³/mol. The molecule has 246 valence electrons. The molecule has 1 saturated heterocycles. The quantitative estimate of drug-likeness (QED) is 0.303. The molecular weight excluding hydrogens is 592 g/mol. The Bertz CT molecular complexity index is 1360. The largest absolute Gasteiger partial charge is 0.465 e. The average molecular weight is 633 g/mol. The van der Waals surface area contributed by atoms with Gasteiger partial charge in [-0.05, 0) is 38.3 Å². The summed E-state index contributed by atoms with van der Waals surface area (Å²) in [5.41, 5.74) is -4.73. The van der Waals surface area contributed by atoms with Gasteiger partial charge in [-0.3, -0.25) is 24.0 Å². The van der Waals surface area contributed by atoms with Crippen LogP contribution in [0.3, 0.4) is 0 Å². The number of carbonyl (C=O) groups is 6. The van der Waals surface area contributed by atoms with Crippen LogP contribution < -0.4 is 0 Å². The lowest BCUT2D eigenvalue weighted by Crippen LogP contribution is -2.81. The van der Waals surface area contributed by atoms with E-state index in [1.807, 2.05) is 0 Å². The van der Waals surface area contributed by atoms with E-state index in [0.717, 1.165) is 20.8 Å². The summed E-state index contributed by atoms with van der Waals surface area (Å²) in [7, 11) is 0. The highest BCUT2D eigenvalue weighted by Gasteiger charge is 2.85. The Morgan fingerprint density at radius 3 is 1.82 bits per heavy atom. The number of esters is 6. The maximum Gasteiger partial charge on any atom is 0.338 e. The smallest absolute Gasteiger partial charge is 0.338 e. The van der Waals surface area contributed by atoms with Gasteiger partial charge in [0.1, 0.15) is 35.9 Å². The van der Waals surface area contributed by atoms with Crippen LogP contribution in [0.1, 0.15) is 72.2 Å². The Hall–Kier alpha value is -4.00. The van der Waals surface area contributed by atoms with Crippen molar-refractivity contribution in [1.82, 2.24) is 0 Å². The summed E-state index contributed by atoms with van der Waals surface area (Å²) in [6, 6.07) is 8.01.